The number of benzene rings is 1. The molecule has 0 aliphatic carbocycles. The molecule has 0 bridgehead atoms. The van der Waals surface area contributed by atoms with E-state index < -0.39 is 17.7 Å². The molecule has 0 saturated heterocycles. The third-order valence-electron chi connectivity index (χ3n) is 2.52. The number of ether oxygens (including phenoxy) is 1. The van der Waals surface area contributed by atoms with Gasteiger partial charge in [0.1, 0.15) is 5.69 Å². The van der Waals surface area contributed by atoms with Crippen molar-refractivity contribution in [3.63, 3.8) is 0 Å². The Kier molecular flexibility index (Phi) is 4.31. The minimum absolute atomic E-state index is 0.000231. The van der Waals surface area contributed by atoms with Crippen LogP contribution in [0, 0.1) is 0 Å². The fraction of sp³-hybridized carbons (Fsp3) is 0.250. The van der Waals surface area contributed by atoms with Gasteiger partial charge in [0, 0.05) is 10.0 Å². The van der Waals surface area contributed by atoms with Crippen LogP contribution in [0.3, 0.4) is 0 Å². The van der Waals surface area contributed by atoms with Crippen molar-refractivity contribution in [3.8, 4) is 11.3 Å². The first kappa shape index (κ1) is 15.5. The lowest BCUT2D eigenvalue weighted by molar-refractivity contribution is -0.137. The highest BCUT2D eigenvalue weighted by atomic mass is 79.9. The maximum absolute atomic E-state index is 12.8. The zero-order valence-electron chi connectivity index (χ0n) is 10.7. The minimum Gasteiger partial charge on any atom is -0.461 e. The monoisotopic (exact) mass is 363 g/mol. The Labute approximate surface area is 125 Å². The summed E-state index contributed by atoms with van der Waals surface area (Å²) in [5.41, 5.74) is -0.915. The second-order valence-electron chi connectivity index (χ2n) is 3.97. The van der Waals surface area contributed by atoms with Gasteiger partial charge in [0.25, 0.3) is 0 Å². The number of H-pyrrole nitrogens is 1. The Bertz CT molecular complexity index is 670. The highest BCUT2D eigenvalue weighted by Crippen LogP contribution is 2.34. The Morgan fingerprint density at radius 3 is 2.67 bits per heavy atom. The summed E-state index contributed by atoms with van der Waals surface area (Å²) in [5, 5.41) is 9.57. The average Bonchev–Trinajstić information content (AvgIpc) is 2.86. The largest absolute Gasteiger partial charge is 0.461 e. The van der Waals surface area contributed by atoms with Crippen LogP contribution in [-0.4, -0.2) is 28.0 Å². The lowest BCUT2D eigenvalue weighted by Crippen LogP contribution is -2.08. The van der Waals surface area contributed by atoms with E-state index >= 15 is 0 Å². The number of halogens is 4. The van der Waals surface area contributed by atoms with E-state index in [0.29, 0.717) is 0 Å². The van der Waals surface area contributed by atoms with Crippen LogP contribution in [0.2, 0.25) is 0 Å². The summed E-state index contributed by atoms with van der Waals surface area (Å²) in [7, 11) is 0. The van der Waals surface area contributed by atoms with E-state index in [1.165, 1.54) is 6.07 Å². The molecule has 9 heteroatoms. The van der Waals surface area contributed by atoms with Gasteiger partial charge in [-0.15, -0.1) is 5.10 Å². The molecule has 0 aliphatic heterocycles. The van der Waals surface area contributed by atoms with Crippen molar-refractivity contribution in [2.24, 2.45) is 0 Å². The van der Waals surface area contributed by atoms with Gasteiger partial charge in [-0.05, 0) is 25.1 Å². The number of esters is 1. The van der Waals surface area contributed by atoms with E-state index in [1.807, 2.05) is 0 Å². The van der Waals surface area contributed by atoms with Gasteiger partial charge in [0.2, 0.25) is 0 Å². The predicted molar refractivity (Wildman–Crippen MR) is 70.5 cm³/mol. The molecule has 1 N–H and O–H groups in total. The minimum atomic E-state index is -4.51. The number of hydrogen-bond acceptors (Lipinski definition) is 4. The lowest BCUT2D eigenvalue weighted by atomic mass is 10.1. The van der Waals surface area contributed by atoms with Crippen molar-refractivity contribution in [1.82, 2.24) is 15.4 Å². The van der Waals surface area contributed by atoms with Gasteiger partial charge in [-0.3, -0.25) is 0 Å². The summed E-state index contributed by atoms with van der Waals surface area (Å²) in [4.78, 5) is 11.7. The fourth-order valence-electron chi connectivity index (χ4n) is 1.66. The number of rotatable bonds is 3. The van der Waals surface area contributed by atoms with Crippen LogP contribution in [0.15, 0.2) is 22.7 Å². The van der Waals surface area contributed by atoms with Crippen LogP contribution in [0.4, 0.5) is 13.2 Å². The number of nitrogens with one attached hydrogen (secondary N) is 1. The summed E-state index contributed by atoms with van der Waals surface area (Å²) in [6.45, 7) is 1.73. The van der Waals surface area contributed by atoms with Crippen molar-refractivity contribution in [2.75, 3.05) is 6.61 Å². The van der Waals surface area contributed by atoms with Gasteiger partial charge >= 0.3 is 12.1 Å². The predicted octanol–water partition coefficient (Wildman–Crippen LogP) is 3.43. The number of nitrogens with zero attached hydrogens (tertiary/aromatic N) is 2. The SMILES string of the molecule is CCOC(=O)c1n[nH]nc1-c1cc(Br)cc(C(F)(F)F)c1. The molecular weight excluding hydrogens is 355 g/mol. The molecular formula is C12H9BrF3N3O2. The van der Waals surface area contributed by atoms with E-state index in [-0.39, 0.29) is 28.0 Å². The maximum Gasteiger partial charge on any atom is 0.416 e. The molecule has 0 aliphatic rings. The van der Waals surface area contributed by atoms with Crippen molar-refractivity contribution < 1.29 is 22.7 Å². The highest BCUT2D eigenvalue weighted by molar-refractivity contribution is 9.10. The zero-order valence-corrected chi connectivity index (χ0v) is 12.2. The molecule has 1 heterocycles. The van der Waals surface area contributed by atoms with Crippen molar-refractivity contribution >= 4 is 21.9 Å². The van der Waals surface area contributed by atoms with Gasteiger partial charge < -0.3 is 4.74 Å². The van der Waals surface area contributed by atoms with E-state index in [1.54, 1.807) is 6.92 Å². The Morgan fingerprint density at radius 2 is 2.05 bits per heavy atom. The van der Waals surface area contributed by atoms with Crippen molar-refractivity contribution in [3.05, 3.63) is 33.9 Å². The van der Waals surface area contributed by atoms with E-state index in [0.717, 1.165) is 12.1 Å². The zero-order chi connectivity index (χ0) is 15.6. The quantitative estimate of drug-likeness (QED) is 0.848. The highest BCUT2D eigenvalue weighted by Gasteiger charge is 2.32. The average molecular weight is 364 g/mol. The van der Waals surface area contributed by atoms with Gasteiger partial charge in [-0.1, -0.05) is 15.9 Å². The molecule has 0 saturated carbocycles. The first-order chi connectivity index (χ1) is 9.82. The molecule has 0 atom stereocenters. The van der Waals surface area contributed by atoms with Crippen LogP contribution in [0.1, 0.15) is 23.0 Å². The molecule has 112 valence electrons. The number of aromatic amines is 1. The Morgan fingerprint density at radius 1 is 1.33 bits per heavy atom. The molecule has 1 aromatic heterocycles. The van der Waals surface area contributed by atoms with Crippen LogP contribution < -0.4 is 0 Å². The van der Waals surface area contributed by atoms with Gasteiger partial charge in [0.05, 0.1) is 12.2 Å². The number of hydrogen-bond donors (Lipinski definition) is 1. The third-order valence-corrected chi connectivity index (χ3v) is 2.97. The van der Waals surface area contributed by atoms with Gasteiger partial charge in [-0.2, -0.15) is 23.5 Å². The van der Waals surface area contributed by atoms with E-state index in [4.69, 9.17) is 4.74 Å². The summed E-state index contributed by atoms with van der Waals surface area (Å²) >= 11 is 3.01. The van der Waals surface area contributed by atoms with Crippen LogP contribution >= 0.6 is 15.9 Å². The van der Waals surface area contributed by atoms with Crippen LogP contribution in [0.5, 0.6) is 0 Å². The Balaban J connectivity index is 2.51. The molecule has 2 aromatic rings. The number of alkyl halides is 3. The smallest absolute Gasteiger partial charge is 0.416 e. The van der Waals surface area contributed by atoms with Crippen molar-refractivity contribution in [1.29, 1.82) is 0 Å². The van der Waals surface area contributed by atoms with E-state index in [2.05, 4.69) is 31.3 Å². The molecule has 0 spiro atoms. The topological polar surface area (TPSA) is 67.9 Å². The second kappa shape index (κ2) is 5.84. The number of carbonyl (C=O) groups excluding carboxylic acids is 1. The number of aromatic nitrogens is 3. The molecule has 2 rings (SSSR count). The first-order valence-electron chi connectivity index (χ1n) is 5.79. The standard InChI is InChI=1S/C12H9BrF3N3O2/c1-2-21-11(20)10-9(17-19-18-10)6-3-7(12(14,15)16)5-8(13)4-6/h3-5H,2H2,1H3,(H,17,18,19). The first-order valence-corrected chi connectivity index (χ1v) is 6.58. The lowest BCUT2D eigenvalue weighted by Gasteiger charge is -2.09. The van der Waals surface area contributed by atoms with Crippen LogP contribution in [-0.2, 0) is 10.9 Å². The molecule has 0 unspecified atom stereocenters. The maximum atomic E-state index is 12.8. The summed E-state index contributed by atoms with van der Waals surface area (Å²) in [6, 6.07) is 3.24. The van der Waals surface area contributed by atoms with Crippen molar-refractivity contribution in [2.45, 2.75) is 13.1 Å². The molecule has 1 aromatic carbocycles. The van der Waals surface area contributed by atoms with Gasteiger partial charge in [-0.25, -0.2) is 4.79 Å². The van der Waals surface area contributed by atoms with Gasteiger partial charge in [0.15, 0.2) is 5.69 Å². The molecule has 0 radical (unpaired) electrons. The molecule has 0 amide bonds. The second-order valence-corrected chi connectivity index (χ2v) is 4.88. The van der Waals surface area contributed by atoms with Crippen LogP contribution in [0.25, 0.3) is 11.3 Å². The van der Waals surface area contributed by atoms with E-state index in [9.17, 15) is 18.0 Å². The normalized spacial score (nSPS) is 11.5. The molecule has 0 fully saturated rings. The summed E-state index contributed by atoms with van der Waals surface area (Å²) in [5.74, 6) is -0.755. The Hall–Kier alpha value is -1.90. The fourth-order valence-corrected chi connectivity index (χ4v) is 2.16. The third kappa shape index (κ3) is 3.41. The summed E-state index contributed by atoms with van der Waals surface area (Å²) in [6.07, 6.45) is -4.51. The number of carbonyl (C=O) groups is 1. The molecule has 21 heavy (non-hydrogen) atoms. The molecule has 5 nitrogen and oxygen atoms in total. The summed E-state index contributed by atoms with van der Waals surface area (Å²) < 4.78 is 43.4.